The molecule has 0 spiro atoms. The van der Waals surface area contributed by atoms with Gasteiger partial charge in [0.15, 0.2) is 0 Å². The molecule has 0 heterocycles. The molecule has 1 fully saturated rings. The second-order valence-corrected chi connectivity index (χ2v) is 3.71. The van der Waals surface area contributed by atoms with Crippen molar-refractivity contribution >= 4 is 5.69 Å². The van der Waals surface area contributed by atoms with Crippen molar-refractivity contribution in [3.8, 4) is 0 Å². The van der Waals surface area contributed by atoms with Crippen LogP contribution in [0.25, 0.3) is 0 Å². The molecule has 13 heavy (non-hydrogen) atoms. The Hall–Kier alpha value is -1.02. The quantitative estimate of drug-likeness (QED) is 0.723. The van der Waals surface area contributed by atoms with Gasteiger partial charge in [-0.1, -0.05) is 18.2 Å². The zero-order valence-electron chi connectivity index (χ0n) is 7.74. The number of hydrogen-bond acceptors (Lipinski definition) is 2. The summed E-state index contributed by atoms with van der Waals surface area (Å²) in [6, 6.07) is 11.1. The first-order chi connectivity index (χ1) is 6.36. The fourth-order valence-corrected chi connectivity index (χ4v) is 1.92. The second-order valence-electron chi connectivity index (χ2n) is 3.71. The molecule has 1 aliphatic carbocycles. The zero-order chi connectivity index (χ0) is 9.10. The van der Waals surface area contributed by atoms with Crippen LogP contribution in [0, 0.1) is 0 Å². The number of hydrogen-bond donors (Lipinski definition) is 2. The van der Waals surface area contributed by atoms with Crippen LogP contribution in [-0.4, -0.2) is 12.1 Å². The minimum atomic E-state index is 0.334. The van der Waals surface area contributed by atoms with E-state index in [0.29, 0.717) is 12.1 Å². The van der Waals surface area contributed by atoms with Crippen LogP contribution in [-0.2, 0) is 0 Å². The topological polar surface area (TPSA) is 38.0 Å². The third-order valence-electron chi connectivity index (χ3n) is 2.70. The molecule has 1 aromatic carbocycles. The van der Waals surface area contributed by atoms with Crippen molar-refractivity contribution in [1.29, 1.82) is 0 Å². The molecule has 3 N–H and O–H groups in total. The van der Waals surface area contributed by atoms with Crippen molar-refractivity contribution in [3.63, 3.8) is 0 Å². The highest BCUT2D eigenvalue weighted by Gasteiger charge is 2.23. The van der Waals surface area contributed by atoms with E-state index in [0.717, 1.165) is 6.42 Å². The van der Waals surface area contributed by atoms with Gasteiger partial charge in [-0.25, -0.2) is 0 Å². The third-order valence-corrected chi connectivity index (χ3v) is 2.70. The molecule has 2 rings (SSSR count). The Bertz CT molecular complexity index is 258. The van der Waals surface area contributed by atoms with Crippen molar-refractivity contribution in [2.45, 2.75) is 31.3 Å². The van der Waals surface area contributed by atoms with E-state index >= 15 is 0 Å². The van der Waals surface area contributed by atoms with E-state index in [2.05, 4.69) is 17.4 Å². The SMILES string of the molecule is NC1CCCC1Nc1ccccc1. The van der Waals surface area contributed by atoms with Gasteiger partial charge in [0.1, 0.15) is 0 Å². The lowest BCUT2D eigenvalue weighted by atomic mass is 10.2. The Morgan fingerprint density at radius 3 is 2.54 bits per heavy atom. The van der Waals surface area contributed by atoms with Crippen molar-refractivity contribution in [2.75, 3.05) is 5.32 Å². The first kappa shape index (κ1) is 8.57. The predicted molar refractivity (Wildman–Crippen MR) is 55.7 cm³/mol. The van der Waals surface area contributed by atoms with Crippen LogP contribution in [0.5, 0.6) is 0 Å². The van der Waals surface area contributed by atoms with Gasteiger partial charge in [-0.05, 0) is 31.4 Å². The fourth-order valence-electron chi connectivity index (χ4n) is 1.92. The van der Waals surface area contributed by atoms with Crippen molar-refractivity contribution in [3.05, 3.63) is 30.3 Å². The highest BCUT2D eigenvalue weighted by Crippen LogP contribution is 2.21. The molecule has 0 radical (unpaired) electrons. The molecule has 0 aliphatic heterocycles. The molecule has 0 saturated heterocycles. The lowest BCUT2D eigenvalue weighted by Gasteiger charge is -2.18. The van der Waals surface area contributed by atoms with Crippen LogP contribution >= 0.6 is 0 Å². The molecule has 2 heteroatoms. The summed E-state index contributed by atoms with van der Waals surface area (Å²) in [5.41, 5.74) is 7.15. The Kier molecular flexibility index (Phi) is 2.50. The molecule has 0 amide bonds. The van der Waals surface area contributed by atoms with Crippen molar-refractivity contribution < 1.29 is 0 Å². The van der Waals surface area contributed by atoms with E-state index in [1.807, 2.05) is 18.2 Å². The van der Waals surface area contributed by atoms with E-state index in [1.165, 1.54) is 18.5 Å². The average Bonchev–Trinajstić information content (AvgIpc) is 2.54. The van der Waals surface area contributed by atoms with E-state index in [1.54, 1.807) is 0 Å². The Morgan fingerprint density at radius 2 is 1.92 bits per heavy atom. The van der Waals surface area contributed by atoms with Crippen LogP contribution in [0.4, 0.5) is 5.69 Å². The molecule has 0 aromatic heterocycles. The van der Waals surface area contributed by atoms with Gasteiger partial charge >= 0.3 is 0 Å². The maximum absolute atomic E-state index is 5.96. The maximum atomic E-state index is 5.96. The third kappa shape index (κ3) is 2.01. The number of anilines is 1. The van der Waals surface area contributed by atoms with Crippen molar-refractivity contribution in [1.82, 2.24) is 0 Å². The molecule has 2 nitrogen and oxygen atoms in total. The van der Waals surface area contributed by atoms with Crippen LogP contribution in [0.1, 0.15) is 19.3 Å². The van der Waals surface area contributed by atoms with E-state index in [9.17, 15) is 0 Å². The lowest BCUT2D eigenvalue weighted by molar-refractivity contribution is 0.638. The van der Waals surface area contributed by atoms with Gasteiger partial charge in [-0.3, -0.25) is 0 Å². The normalized spacial score (nSPS) is 27.5. The van der Waals surface area contributed by atoms with Gasteiger partial charge in [0.05, 0.1) is 0 Å². The first-order valence-electron chi connectivity index (χ1n) is 4.93. The number of rotatable bonds is 2. The number of para-hydroxylation sites is 1. The predicted octanol–water partition coefficient (Wildman–Crippen LogP) is 1.98. The Labute approximate surface area is 79.1 Å². The summed E-state index contributed by atoms with van der Waals surface area (Å²) in [6.07, 6.45) is 3.62. The lowest BCUT2D eigenvalue weighted by Crippen LogP contribution is -2.35. The average molecular weight is 176 g/mol. The minimum absolute atomic E-state index is 0.334. The maximum Gasteiger partial charge on any atom is 0.0412 e. The van der Waals surface area contributed by atoms with Gasteiger partial charge in [0, 0.05) is 17.8 Å². The zero-order valence-corrected chi connectivity index (χ0v) is 7.74. The second kappa shape index (κ2) is 3.79. The summed E-state index contributed by atoms with van der Waals surface area (Å²) in [6.45, 7) is 0. The van der Waals surface area contributed by atoms with Gasteiger partial charge in [-0.2, -0.15) is 0 Å². The monoisotopic (exact) mass is 176 g/mol. The molecule has 2 atom stereocenters. The molecular formula is C11H16N2. The summed E-state index contributed by atoms with van der Waals surface area (Å²) in [5.74, 6) is 0. The van der Waals surface area contributed by atoms with Gasteiger partial charge in [0.25, 0.3) is 0 Å². The summed E-state index contributed by atoms with van der Waals surface area (Å²) in [5, 5.41) is 3.47. The minimum Gasteiger partial charge on any atom is -0.381 e. The molecular weight excluding hydrogens is 160 g/mol. The molecule has 1 aliphatic rings. The summed E-state index contributed by atoms with van der Waals surface area (Å²) in [7, 11) is 0. The molecule has 1 saturated carbocycles. The van der Waals surface area contributed by atoms with Crippen LogP contribution in [0.2, 0.25) is 0 Å². The Morgan fingerprint density at radius 1 is 1.15 bits per heavy atom. The smallest absolute Gasteiger partial charge is 0.0412 e. The fraction of sp³-hybridized carbons (Fsp3) is 0.455. The van der Waals surface area contributed by atoms with E-state index in [-0.39, 0.29) is 0 Å². The Balaban J connectivity index is 1.98. The molecule has 2 unspecified atom stereocenters. The number of nitrogens with two attached hydrogens (primary N) is 1. The summed E-state index contributed by atoms with van der Waals surface area (Å²) in [4.78, 5) is 0. The van der Waals surface area contributed by atoms with Crippen LogP contribution in [0.3, 0.4) is 0 Å². The van der Waals surface area contributed by atoms with E-state index < -0.39 is 0 Å². The number of benzene rings is 1. The van der Waals surface area contributed by atoms with Crippen molar-refractivity contribution in [2.24, 2.45) is 5.73 Å². The largest absolute Gasteiger partial charge is 0.381 e. The van der Waals surface area contributed by atoms with Crippen LogP contribution in [0.15, 0.2) is 30.3 Å². The van der Waals surface area contributed by atoms with Gasteiger partial charge in [0.2, 0.25) is 0 Å². The van der Waals surface area contributed by atoms with Gasteiger partial charge < -0.3 is 11.1 Å². The first-order valence-corrected chi connectivity index (χ1v) is 4.93. The highest BCUT2D eigenvalue weighted by molar-refractivity contribution is 5.43. The molecule has 0 bridgehead atoms. The molecule has 70 valence electrons. The van der Waals surface area contributed by atoms with Gasteiger partial charge in [-0.15, -0.1) is 0 Å². The highest BCUT2D eigenvalue weighted by atomic mass is 15.0. The molecule has 1 aromatic rings. The number of nitrogens with one attached hydrogen (secondary N) is 1. The van der Waals surface area contributed by atoms with E-state index in [4.69, 9.17) is 5.73 Å². The summed E-state index contributed by atoms with van der Waals surface area (Å²) >= 11 is 0. The summed E-state index contributed by atoms with van der Waals surface area (Å²) < 4.78 is 0. The van der Waals surface area contributed by atoms with Crippen LogP contribution < -0.4 is 11.1 Å². The standard InChI is InChI=1S/C11H16N2/c12-10-7-4-8-11(10)13-9-5-2-1-3-6-9/h1-3,5-6,10-11,13H,4,7-8,12H2.